The van der Waals surface area contributed by atoms with Gasteiger partial charge in [-0.05, 0) is 0 Å². The predicted octanol–water partition coefficient (Wildman–Crippen LogP) is 0.0408. The van der Waals surface area contributed by atoms with E-state index in [-0.39, 0.29) is 12.0 Å². The molecular weight excluding hydrogens is 176 g/mol. The maximum Gasteiger partial charge on any atom is 0.317 e. The maximum absolute atomic E-state index is 10.8. The molecule has 0 saturated carbocycles. The number of aliphatic carboxylic acids is 1. The Kier molecular flexibility index (Phi) is 2.87. The largest absolute Gasteiger partial charge is 0.481 e. The minimum atomic E-state index is -1.17. The van der Waals surface area contributed by atoms with Crippen LogP contribution in [-0.2, 0) is 19.1 Å². The zero-order valence-corrected chi connectivity index (χ0v) is 7.41. The molecule has 0 bridgehead atoms. The summed E-state index contributed by atoms with van der Waals surface area (Å²) in [7, 11) is 0. The Morgan fingerprint density at radius 1 is 1.54 bits per heavy atom. The Balaban J connectivity index is 2.18. The molecule has 1 aliphatic heterocycles. The van der Waals surface area contributed by atoms with E-state index in [4.69, 9.17) is 14.6 Å². The monoisotopic (exact) mass is 188 g/mol. The van der Waals surface area contributed by atoms with Gasteiger partial charge in [0.1, 0.15) is 13.0 Å². The van der Waals surface area contributed by atoms with Crippen LogP contribution in [0.25, 0.3) is 0 Å². The second-order valence-corrected chi connectivity index (χ2v) is 3.53. The molecule has 1 fully saturated rings. The van der Waals surface area contributed by atoms with Crippen LogP contribution in [0.4, 0.5) is 0 Å². The highest BCUT2D eigenvalue weighted by molar-refractivity contribution is 5.90. The summed E-state index contributed by atoms with van der Waals surface area (Å²) < 4.78 is 9.70. The van der Waals surface area contributed by atoms with Crippen LogP contribution in [0.3, 0.4) is 0 Å². The average Bonchev–Trinajstić information content (AvgIpc) is 1.96. The number of carbonyl (C=O) groups is 2. The number of hydrogen-bond acceptors (Lipinski definition) is 4. The minimum absolute atomic E-state index is 0.117. The summed E-state index contributed by atoms with van der Waals surface area (Å²) in [6.45, 7) is 3.28. The summed E-state index contributed by atoms with van der Waals surface area (Å²) in [5.41, 5.74) is -0.117. The summed E-state index contributed by atoms with van der Waals surface area (Å²) in [6, 6.07) is 0. The normalized spacial score (nSPS) is 18.8. The molecule has 0 atom stereocenters. The zero-order chi connectivity index (χ0) is 9.90. The predicted molar refractivity (Wildman–Crippen MR) is 42.1 cm³/mol. The lowest BCUT2D eigenvalue weighted by molar-refractivity contribution is -0.167. The minimum Gasteiger partial charge on any atom is -0.481 e. The molecule has 13 heavy (non-hydrogen) atoms. The molecule has 0 aromatic carbocycles. The highest BCUT2D eigenvalue weighted by Crippen LogP contribution is 2.26. The molecule has 1 aliphatic rings. The molecule has 5 nitrogen and oxygen atoms in total. The fourth-order valence-electron chi connectivity index (χ4n) is 0.963. The molecular formula is C8H12O5. The number of rotatable bonds is 4. The van der Waals surface area contributed by atoms with Crippen molar-refractivity contribution in [2.24, 2.45) is 5.41 Å². The van der Waals surface area contributed by atoms with Gasteiger partial charge in [0.2, 0.25) is 0 Å². The molecule has 0 unspecified atom stereocenters. The van der Waals surface area contributed by atoms with Crippen LogP contribution in [-0.4, -0.2) is 36.9 Å². The molecule has 0 aromatic heterocycles. The van der Waals surface area contributed by atoms with E-state index in [1.54, 1.807) is 0 Å². The number of carbonyl (C=O) groups excluding carboxylic acids is 1. The van der Waals surface area contributed by atoms with Crippen LogP contribution in [0.2, 0.25) is 0 Å². The van der Waals surface area contributed by atoms with E-state index in [1.807, 2.05) is 6.92 Å². The molecule has 1 saturated heterocycles. The molecule has 1 N–H and O–H groups in total. The summed E-state index contributed by atoms with van der Waals surface area (Å²) in [5.74, 6) is -1.86. The molecule has 0 radical (unpaired) electrons. The Hall–Kier alpha value is -1.10. The van der Waals surface area contributed by atoms with Gasteiger partial charge in [0.25, 0.3) is 0 Å². The summed E-state index contributed by atoms with van der Waals surface area (Å²) in [6.07, 6.45) is -0.572. The van der Waals surface area contributed by atoms with Crippen LogP contribution in [0.15, 0.2) is 0 Å². The lowest BCUT2D eigenvalue weighted by Crippen LogP contribution is -2.44. The molecule has 0 spiro atoms. The summed E-state index contributed by atoms with van der Waals surface area (Å²) in [4.78, 5) is 20.9. The van der Waals surface area contributed by atoms with Gasteiger partial charge in [-0.3, -0.25) is 9.59 Å². The smallest absolute Gasteiger partial charge is 0.317 e. The third-order valence-corrected chi connectivity index (χ3v) is 1.78. The maximum atomic E-state index is 10.8. The van der Waals surface area contributed by atoms with Crippen molar-refractivity contribution < 1.29 is 24.2 Å². The van der Waals surface area contributed by atoms with Crippen molar-refractivity contribution in [3.63, 3.8) is 0 Å². The third kappa shape index (κ3) is 3.02. The van der Waals surface area contributed by atoms with Gasteiger partial charge in [0.15, 0.2) is 0 Å². The van der Waals surface area contributed by atoms with Crippen LogP contribution >= 0.6 is 0 Å². The molecule has 1 heterocycles. The topological polar surface area (TPSA) is 72.8 Å². The Bertz CT molecular complexity index is 219. The Morgan fingerprint density at radius 2 is 2.15 bits per heavy atom. The Morgan fingerprint density at radius 3 is 2.54 bits per heavy atom. The first kappa shape index (κ1) is 9.98. The van der Waals surface area contributed by atoms with Crippen LogP contribution in [0.1, 0.15) is 13.3 Å². The lowest BCUT2D eigenvalue weighted by atomic mass is 9.90. The zero-order valence-electron chi connectivity index (χ0n) is 7.41. The number of carboxylic acids is 1. The highest BCUT2D eigenvalue weighted by atomic mass is 16.5. The van der Waals surface area contributed by atoms with Crippen LogP contribution in [0.5, 0.6) is 0 Å². The van der Waals surface area contributed by atoms with Gasteiger partial charge in [-0.2, -0.15) is 0 Å². The van der Waals surface area contributed by atoms with E-state index < -0.39 is 18.4 Å². The molecule has 0 amide bonds. The molecule has 5 heteroatoms. The molecule has 0 aromatic rings. The second kappa shape index (κ2) is 3.74. The Labute approximate surface area is 75.6 Å². The number of esters is 1. The van der Waals surface area contributed by atoms with E-state index >= 15 is 0 Å². The van der Waals surface area contributed by atoms with Crippen molar-refractivity contribution in [3.05, 3.63) is 0 Å². The number of hydrogen-bond donors (Lipinski definition) is 1. The summed E-state index contributed by atoms with van der Waals surface area (Å²) in [5, 5.41) is 8.26. The van der Waals surface area contributed by atoms with Gasteiger partial charge in [-0.25, -0.2) is 0 Å². The molecule has 1 rings (SSSR count). The van der Waals surface area contributed by atoms with Crippen molar-refractivity contribution in [2.45, 2.75) is 13.3 Å². The highest BCUT2D eigenvalue weighted by Gasteiger charge is 2.34. The standard InChI is InChI=1S/C8H12O5/c1-8(3-12-4-8)5-13-7(11)2-6(9)10/h2-5H2,1H3,(H,9,10). The average molecular weight is 188 g/mol. The van der Waals surface area contributed by atoms with Gasteiger partial charge in [0, 0.05) is 5.41 Å². The van der Waals surface area contributed by atoms with Gasteiger partial charge in [0.05, 0.1) is 13.2 Å². The fraction of sp³-hybridized carbons (Fsp3) is 0.750. The van der Waals surface area contributed by atoms with E-state index in [0.29, 0.717) is 13.2 Å². The molecule has 0 aliphatic carbocycles. The van der Waals surface area contributed by atoms with Crippen LogP contribution in [0, 0.1) is 5.41 Å². The summed E-state index contributed by atoms with van der Waals surface area (Å²) >= 11 is 0. The van der Waals surface area contributed by atoms with Crippen molar-refractivity contribution in [1.29, 1.82) is 0 Å². The van der Waals surface area contributed by atoms with Crippen molar-refractivity contribution >= 4 is 11.9 Å². The SMILES string of the molecule is CC1(COC(=O)CC(=O)O)COC1. The first-order valence-electron chi connectivity index (χ1n) is 3.97. The van der Waals surface area contributed by atoms with E-state index in [2.05, 4.69) is 0 Å². The van der Waals surface area contributed by atoms with Crippen molar-refractivity contribution in [2.75, 3.05) is 19.8 Å². The van der Waals surface area contributed by atoms with Gasteiger partial charge < -0.3 is 14.6 Å². The van der Waals surface area contributed by atoms with Crippen molar-refractivity contribution in [3.8, 4) is 0 Å². The second-order valence-electron chi connectivity index (χ2n) is 3.53. The third-order valence-electron chi connectivity index (χ3n) is 1.78. The van der Waals surface area contributed by atoms with Gasteiger partial charge >= 0.3 is 11.9 Å². The first-order chi connectivity index (χ1) is 6.02. The van der Waals surface area contributed by atoms with Crippen LogP contribution < -0.4 is 0 Å². The van der Waals surface area contributed by atoms with E-state index in [9.17, 15) is 9.59 Å². The quantitative estimate of drug-likeness (QED) is 0.498. The van der Waals surface area contributed by atoms with E-state index in [0.717, 1.165) is 0 Å². The van der Waals surface area contributed by atoms with Gasteiger partial charge in [-0.1, -0.05) is 6.92 Å². The fourth-order valence-corrected chi connectivity index (χ4v) is 0.963. The first-order valence-corrected chi connectivity index (χ1v) is 3.97. The number of carboxylic acid groups (broad SMARTS) is 1. The number of ether oxygens (including phenoxy) is 2. The van der Waals surface area contributed by atoms with Gasteiger partial charge in [-0.15, -0.1) is 0 Å². The molecule has 74 valence electrons. The lowest BCUT2D eigenvalue weighted by Gasteiger charge is -2.37. The van der Waals surface area contributed by atoms with Crippen molar-refractivity contribution in [1.82, 2.24) is 0 Å². The van der Waals surface area contributed by atoms with E-state index in [1.165, 1.54) is 0 Å².